The standard InChI is InChI=1S/2C25H23.C6H11BN2O2.2ClH.Zr/c2*1-18(2)15-20-11-6-7-13-23(20)24-14-8-12-21-16-22(17-25(21)24)19-9-4-3-5-10-19;1-3-5(10)8-7-9-6(11)4-2;;;/h2*3-14,16-18H,15H2,1-2H3;3-4H2,1-2H3,(H-,8,9,10,11);2*1H;/q;;;;;+1/p-1. The number of fused-ring (bicyclic) bond motifs is 2. The number of hydrogen-bond acceptors (Lipinski definition) is 2. The fraction of sp³-hybridized carbons (Fsp3) is 0.250. The van der Waals surface area contributed by atoms with Crippen molar-refractivity contribution in [2.24, 2.45) is 11.8 Å². The van der Waals surface area contributed by atoms with E-state index >= 15 is 0 Å². The van der Waals surface area contributed by atoms with Crippen molar-refractivity contribution in [3.63, 3.8) is 0 Å². The van der Waals surface area contributed by atoms with Gasteiger partial charge in [0.2, 0.25) is 0 Å². The van der Waals surface area contributed by atoms with E-state index < -0.39 is 27.9 Å². The molecule has 2 aliphatic carbocycles. The van der Waals surface area contributed by atoms with Crippen LogP contribution in [0.15, 0.2) is 146 Å². The van der Waals surface area contributed by atoms with E-state index in [0.29, 0.717) is 11.8 Å². The third-order valence-electron chi connectivity index (χ3n) is 13.1. The molecule has 2 unspecified atom stereocenters. The zero-order chi connectivity index (χ0) is 45.2. The maximum absolute atomic E-state index is 14.1. The van der Waals surface area contributed by atoms with Gasteiger partial charge in [-0.1, -0.05) is 0 Å². The van der Waals surface area contributed by atoms with Crippen molar-refractivity contribution in [1.29, 1.82) is 0 Å². The van der Waals surface area contributed by atoms with Crippen molar-refractivity contribution in [3.8, 4) is 22.3 Å². The van der Waals surface area contributed by atoms with Gasteiger partial charge < -0.3 is 0 Å². The van der Waals surface area contributed by atoms with E-state index in [1.807, 2.05) is 26.0 Å². The van der Waals surface area contributed by atoms with Crippen LogP contribution in [-0.4, -0.2) is 16.3 Å². The molecule has 0 radical (unpaired) electrons. The first-order valence-corrected chi connectivity index (χ1v) is 33.5. The monoisotopic (exact) mass is 961 g/mol. The molecule has 0 heterocycles. The summed E-state index contributed by atoms with van der Waals surface area (Å²) < 4.78 is -2.23. The Labute approximate surface area is 388 Å². The Morgan fingerprint density at radius 3 is 1.25 bits per heavy atom. The molecule has 8 rings (SSSR count). The van der Waals surface area contributed by atoms with Crippen LogP contribution < -0.4 is 10.5 Å². The average Bonchev–Trinajstić information content (AvgIpc) is 3.91. The molecule has 325 valence electrons. The van der Waals surface area contributed by atoms with Crippen LogP contribution in [0.4, 0.5) is 0 Å². The number of amides is 2. The summed E-state index contributed by atoms with van der Waals surface area (Å²) in [5, 5.41) is 6.66. The summed E-state index contributed by atoms with van der Waals surface area (Å²) in [4.78, 5) is 28.1. The van der Waals surface area contributed by atoms with E-state index in [4.69, 9.17) is 0 Å². The van der Waals surface area contributed by atoms with Gasteiger partial charge in [0.1, 0.15) is 0 Å². The Hall–Kier alpha value is -4.73. The van der Waals surface area contributed by atoms with E-state index in [2.05, 4.69) is 184 Å². The van der Waals surface area contributed by atoms with Gasteiger partial charge in [-0.15, -0.1) is 0 Å². The Morgan fingerprint density at radius 2 is 0.875 bits per heavy atom. The third-order valence-corrected chi connectivity index (χ3v) is 32.8. The second-order valence-electron chi connectivity index (χ2n) is 18.4. The summed E-state index contributed by atoms with van der Waals surface area (Å²) in [6.07, 6.45) is 6.84. The van der Waals surface area contributed by atoms with Gasteiger partial charge in [0, 0.05) is 0 Å². The van der Waals surface area contributed by atoms with E-state index in [1.165, 1.54) is 22.3 Å². The molecule has 0 aliphatic heterocycles. The summed E-state index contributed by atoms with van der Waals surface area (Å²) in [6.45, 7) is 12.7. The van der Waals surface area contributed by atoms with Crippen LogP contribution in [0.2, 0.25) is 0 Å². The minimum absolute atomic E-state index is 0.191. The van der Waals surface area contributed by atoms with Crippen LogP contribution in [0.3, 0.4) is 0 Å². The van der Waals surface area contributed by atoms with Crippen LogP contribution in [0.5, 0.6) is 0 Å². The number of nitrogens with one attached hydrogen (secondary N) is 2. The van der Waals surface area contributed by atoms with Crippen molar-refractivity contribution in [2.75, 3.05) is 0 Å². The zero-order valence-corrected chi connectivity index (χ0v) is 41.8. The second-order valence-corrected chi connectivity index (χ2v) is 39.8. The molecule has 4 nitrogen and oxygen atoms in total. The summed E-state index contributed by atoms with van der Waals surface area (Å²) in [5.41, 5.74) is 15.2. The van der Waals surface area contributed by atoms with Gasteiger partial charge in [-0.2, -0.15) is 0 Å². The first-order valence-electron chi connectivity index (χ1n) is 23.0. The molecule has 0 fully saturated rings. The molecule has 8 heteroatoms. The molecule has 0 aromatic heterocycles. The topological polar surface area (TPSA) is 58.2 Å². The zero-order valence-electron chi connectivity index (χ0n) is 37.8. The number of halogens is 2. The number of hydrogen-bond donors (Lipinski definition) is 2. The van der Waals surface area contributed by atoms with E-state index in [9.17, 15) is 26.6 Å². The predicted octanol–water partition coefficient (Wildman–Crippen LogP) is 14.3. The summed E-state index contributed by atoms with van der Waals surface area (Å²) in [5.74, 6) is 0.444. The molecule has 2 atom stereocenters. The maximum atomic E-state index is 14.1. The van der Waals surface area contributed by atoms with Crippen molar-refractivity contribution in [2.45, 2.75) is 74.5 Å². The van der Waals surface area contributed by atoms with Gasteiger partial charge in [0.25, 0.3) is 0 Å². The van der Waals surface area contributed by atoms with Crippen molar-refractivity contribution >= 4 is 56.7 Å². The number of carbonyl (C=O) groups excluding carboxylic acids is 2. The van der Waals surface area contributed by atoms with E-state index in [1.54, 1.807) is 0 Å². The fourth-order valence-electron chi connectivity index (χ4n) is 10.4. The first-order chi connectivity index (χ1) is 30.8. The molecule has 6 aromatic rings. The molecular formula is C56H58BCl2N2O2Zr. The van der Waals surface area contributed by atoms with Crippen molar-refractivity contribution in [3.05, 3.63) is 190 Å². The van der Waals surface area contributed by atoms with Crippen LogP contribution in [0.25, 0.3) is 45.6 Å². The summed E-state index contributed by atoms with van der Waals surface area (Å²) in [6, 6.07) is 51.2. The van der Waals surface area contributed by atoms with Gasteiger partial charge >= 0.3 is 392 Å². The van der Waals surface area contributed by atoms with Crippen LogP contribution in [0, 0.1) is 11.8 Å². The van der Waals surface area contributed by atoms with Gasteiger partial charge in [-0.3, -0.25) is 0 Å². The first kappa shape index (κ1) is 45.8. The number of carbonyl (C=O) groups is 2. The molecule has 2 aliphatic rings. The molecule has 6 aromatic carbocycles. The van der Waals surface area contributed by atoms with Crippen LogP contribution >= 0.6 is 17.0 Å². The van der Waals surface area contributed by atoms with Crippen LogP contribution in [0.1, 0.15) is 106 Å². The molecular weight excluding hydrogens is 906 g/mol. The Morgan fingerprint density at radius 1 is 0.516 bits per heavy atom. The average molecular weight is 964 g/mol. The molecule has 0 saturated carbocycles. The molecule has 2 N–H and O–H groups in total. The van der Waals surface area contributed by atoms with Gasteiger partial charge in [-0.25, -0.2) is 0 Å². The summed E-state index contributed by atoms with van der Waals surface area (Å²) >= 11 is -6.36. The molecule has 2 amide bonds. The molecule has 0 spiro atoms. The SMILES string of the molecule is CCC(=O)N[B](NC(=O)CC)[Zr]([Cl])([Cl])([CH]1C(c2ccccc2)=Cc2c(-c3ccccc3CC(C)C)cccc21)[CH]1C(c2ccccc2)=Cc2c(-c3ccccc3CC(C)C)cccc21. The fourth-order valence-corrected chi connectivity index (χ4v) is 30.1. The summed E-state index contributed by atoms with van der Waals surface area (Å²) in [7, 11) is 18.4. The molecule has 64 heavy (non-hydrogen) atoms. The minimum atomic E-state index is -6.36. The van der Waals surface area contributed by atoms with E-state index in [0.717, 1.165) is 68.5 Å². The Balaban J connectivity index is 1.49. The molecule has 0 saturated heterocycles. The Bertz CT molecular complexity index is 2580. The van der Waals surface area contributed by atoms with Crippen LogP contribution in [-0.2, 0) is 38.6 Å². The second kappa shape index (κ2) is 19.0. The predicted molar refractivity (Wildman–Crippen MR) is 269 cm³/mol. The molecule has 0 bridgehead atoms. The van der Waals surface area contributed by atoms with Gasteiger partial charge in [-0.05, 0) is 0 Å². The number of benzene rings is 6. The normalized spacial score (nSPS) is 16.1. The van der Waals surface area contributed by atoms with Crippen molar-refractivity contribution in [1.82, 2.24) is 10.5 Å². The van der Waals surface area contributed by atoms with Crippen molar-refractivity contribution < 1.29 is 25.8 Å². The van der Waals surface area contributed by atoms with Gasteiger partial charge in [0.05, 0.1) is 0 Å². The Kier molecular flexibility index (Phi) is 13.6. The van der Waals surface area contributed by atoms with Gasteiger partial charge in [0.15, 0.2) is 0 Å². The van der Waals surface area contributed by atoms with E-state index in [-0.39, 0.29) is 24.7 Å². The quantitative estimate of drug-likeness (QED) is 0.101. The number of rotatable bonds is 15. The number of allylic oxidation sites excluding steroid dienone is 2. The third kappa shape index (κ3) is 8.59.